The molecule has 2 aromatic carbocycles. The number of ether oxygens (including phenoxy) is 2. The monoisotopic (exact) mass is 375 g/mol. The number of nitrogens with one attached hydrogen (secondary N) is 1. The summed E-state index contributed by atoms with van der Waals surface area (Å²) in [4.78, 5) is 24.3. The number of benzene rings is 2. The van der Waals surface area contributed by atoms with E-state index in [0.717, 1.165) is 11.1 Å². The summed E-state index contributed by atoms with van der Waals surface area (Å²) >= 11 is 6.03. The van der Waals surface area contributed by atoms with E-state index in [1.165, 1.54) is 6.07 Å². The Kier molecular flexibility index (Phi) is 6.64. The topological polar surface area (TPSA) is 64.6 Å². The molecule has 0 saturated heterocycles. The number of carbonyl (C=O) groups excluding carboxylic acids is 2. The fourth-order valence-corrected chi connectivity index (χ4v) is 2.50. The molecule has 2 aromatic rings. The van der Waals surface area contributed by atoms with E-state index in [0.29, 0.717) is 11.4 Å². The number of amides is 1. The highest BCUT2D eigenvalue weighted by Crippen LogP contribution is 2.24. The van der Waals surface area contributed by atoms with Crippen LogP contribution in [0.15, 0.2) is 36.4 Å². The van der Waals surface area contributed by atoms with Crippen molar-refractivity contribution in [2.45, 2.75) is 33.8 Å². The molecular formula is C20H22ClNO4. The van der Waals surface area contributed by atoms with E-state index in [-0.39, 0.29) is 23.1 Å². The SMILES string of the molecule is CCOC(=O)c1cc(NC(=O)[C@H](C)Oc2cccc(C)c2C)ccc1Cl. The maximum absolute atomic E-state index is 12.4. The Bertz CT molecular complexity index is 819. The van der Waals surface area contributed by atoms with E-state index >= 15 is 0 Å². The molecule has 0 saturated carbocycles. The number of esters is 1. The first kappa shape index (κ1) is 19.8. The minimum Gasteiger partial charge on any atom is -0.481 e. The lowest BCUT2D eigenvalue weighted by atomic mass is 10.1. The highest BCUT2D eigenvalue weighted by molar-refractivity contribution is 6.33. The van der Waals surface area contributed by atoms with E-state index in [9.17, 15) is 9.59 Å². The minimum absolute atomic E-state index is 0.203. The lowest BCUT2D eigenvalue weighted by Gasteiger charge is -2.17. The lowest BCUT2D eigenvalue weighted by molar-refractivity contribution is -0.122. The summed E-state index contributed by atoms with van der Waals surface area (Å²) in [6, 6.07) is 10.3. The number of hydrogen-bond donors (Lipinski definition) is 1. The summed E-state index contributed by atoms with van der Waals surface area (Å²) in [7, 11) is 0. The molecule has 0 aromatic heterocycles. The van der Waals surface area contributed by atoms with Gasteiger partial charge in [-0.1, -0.05) is 23.7 Å². The first-order valence-electron chi connectivity index (χ1n) is 8.34. The van der Waals surface area contributed by atoms with Gasteiger partial charge in [0.2, 0.25) is 0 Å². The molecule has 1 amide bonds. The first-order chi connectivity index (χ1) is 12.3. The van der Waals surface area contributed by atoms with Gasteiger partial charge in [-0.3, -0.25) is 4.79 Å². The third-order valence-electron chi connectivity index (χ3n) is 3.96. The molecule has 0 aliphatic heterocycles. The molecule has 1 atom stereocenters. The normalized spacial score (nSPS) is 11.6. The van der Waals surface area contributed by atoms with E-state index < -0.39 is 12.1 Å². The summed E-state index contributed by atoms with van der Waals surface area (Å²) in [5.41, 5.74) is 2.73. The van der Waals surface area contributed by atoms with Crippen LogP contribution in [0.4, 0.5) is 5.69 Å². The molecule has 0 aliphatic rings. The van der Waals surface area contributed by atoms with E-state index in [4.69, 9.17) is 21.1 Å². The van der Waals surface area contributed by atoms with Crippen LogP contribution >= 0.6 is 11.6 Å². The van der Waals surface area contributed by atoms with Crippen molar-refractivity contribution in [3.05, 3.63) is 58.1 Å². The highest BCUT2D eigenvalue weighted by atomic mass is 35.5. The average molecular weight is 376 g/mol. The largest absolute Gasteiger partial charge is 0.481 e. The van der Waals surface area contributed by atoms with Gasteiger partial charge in [0.1, 0.15) is 5.75 Å². The number of rotatable bonds is 6. The maximum Gasteiger partial charge on any atom is 0.339 e. The summed E-state index contributed by atoms with van der Waals surface area (Å²) in [5, 5.41) is 3.00. The van der Waals surface area contributed by atoms with E-state index in [1.54, 1.807) is 26.0 Å². The van der Waals surface area contributed by atoms with Crippen LogP contribution in [-0.2, 0) is 9.53 Å². The third kappa shape index (κ3) is 4.76. The molecule has 0 fully saturated rings. The van der Waals surface area contributed by atoms with Crippen molar-refractivity contribution in [3.63, 3.8) is 0 Å². The van der Waals surface area contributed by atoms with Crippen LogP contribution in [0.25, 0.3) is 0 Å². The molecule has 1 N–H and O–H groups in total. The molecule has 2 rings (SSSR count). The van der Waals surface area contributed by atoms with Gasteiger partial charge in [0.15, 0.2) is 6.10 Å². The second kappa shape index (κ2) is 8.72. The molecule has 5 nitrogen and oxygen atoms in total. The van der Waals surface area contributed by atoms with Crippen LogP contribution in [0.3, 0.4) is 0 Å². The quantitative estimate of drug-likeness (QED) is 0.753. The van der Waals surface area contributed by atoms with Crippen molar-refractivity contribution in [2.24, 2.45) is 0 Å². The maximum atomic E-state index is 12.4. The number of carbonyl (C=O) groups is 2. The van der Waals surface area contributed by atoms with Crippen LogP contribution in [0.5, 0.6) is 5.75 Å². The van der Waals surface area contributed by atoms with Crippen molar-refractivity contribution in [1.29, 1.82) is 0 Å². The van der Waals surface area contributed by atoms with Crippen molar-refractivity contribution in [2.75, 3.05) is 11.9 Å². The molecule has 138 valence electrons. The van der Waals surface area contributed by atoms with Gasteiger partial charge in [-0.05, 0) is 63.1 Å². The third-order valence-corrected chi connectivity index (χ3v) is 4.29. The molecule has 0 radical (unpaired) electrons. The fourth-order valence-electron chi connectivity index (χ4n) is 2.31. The Morgan fingerprint density at radius 2 is 1.92 bits per heavy atom. The van der Waals surface area contributed by atoms with Crippen molar-refractivity contribution in [3.8, 4) is 5.75 Å². The van der Waals surface area contributed by atoms with Crippen LogP contribution in [0, 0.1) is 13.8 Å². The van der Waals surface area contributed by atoms with Crippen molar-refractivity contribution >= 4 is 29.2 Å². The van der Waals surface area contributed by atoms with E-state index in [1.807, 2.05) is 32.0 Å². The van der Waals surface area contributed by atoms with Crippen LogP contribution in [0.2, 0.25) is 5.02 Å². The zero-order valence-corrected chi connectivity index (χ0v) is 16.0. The second-order valence-corrected chi connectivity index (χ2v) is 6.27. The number of halogens is 1. The Morgan fingerprint density at radius 3 is 2.62 bits per heavy atom. The fraction of sp³-hybridized carbons (Fsp3) is 0.300. The Labute approximate surface area is 158 Å². The summed E-state index contributed by atoms with van der Waals surface area (Å²) in [6.07, 6.45) is -0.711. The van der Waals surface area contributed by atoms with Gasteiger partial charge in [0.25, 0.3) is 5.91 Å². The number of anilines is 1. The van der Waals surface area contributed by atoms with Gasteiger partial charge in [-0.2, -0.15) is 0 Å². The van der Waals surface area contributed by atoms with Gasteiger partial charge in [-0.15, -0.1) is 0 Å². The average Bonchev–Trinajstić information content (AvgIpc) is 2.60. The summed E-state index contributed by atoms with van der Waals surface area (Å²) in [6.45, 7) is 7.55. The number of hydrogen-bond acceptors (Lipinski definition) is 4. The summed E-state index contributed by atoms with van der Waals surface area (Å²) < 4.78 is 10.7. The van der Waals surface area contributed by atoms with Crippen molar-refractivity contribution < 1.29 is 19.1 Å². The molecule has 6 heteroatoms. The predicted octanol–water partition coefficient (Wildman–Crippen LogP) is 4.54. The minimum atomic E-state index is -0.711. The van der Waals surface area contributed by atoms with Gasteiger partial charge in [-0.25, -0.2) is 4.79 Å². The number of aryl methyl sites for hydroxylation is 1. The Hall–Kier alpha value is -2.53. The zero-order valence-electron chi connectivity index (χ0n) is 15.3. The van der Waals surface area contributed by atoms with Gasteiger partial charge >= 0.3 is 5.97 Å². The first-order valence-corrected chi connectivity index (χ1v) is 8.71. The lowest BCUT2D eigenvalue weighted by Crippen LogP contribution is -2.30. The van der Waals surface area contributed by atoms with Crippen molar-refractivity contribution in [1.82, 2.24) is 0 Å². The van der Waals surface area contributed by atoms with Gasteiger partial charge < -0.3 is 14.8 Å². The molecule has 0 spiro atoms. The summed E-state index contributed by atoms with van der Waals surface area (Å²) in [5.74, 6) is -0.202. The second-order valence-electron chi connectivity index (χ2n) is 5.86. The van der Waals surface area contributed by atoms with Crippen LogP contribution < -0.4 is 10.1 Å². The highest BCUT2D eigenvalue weighted by Gasteiger charge is 2.18. The predicted molar refractivity (Wildman–Crippen MR) is 102 cm³/mol. The van der Waals surface area contributed by atoms with Gasteiger partial charge in [0, 0.05) is 5.69 Å². The Morgan fingerprint density at radius 1 is 1.19 bits per heavy atom. The van der Waals surface area contributed by atoms with Crippen LogP contribution in [0.1, 0.15) is 35.3 Å². The molecular weight excluding hydrogens is 354 g/mol. The Balaban J connectivity index is 2.10. The zero-order chi connectivity index (χ0) is 19.3. The molecule has 26 heavy (non-hydrogen) atoms. The molecule has 0 bridgehead atoms. The van der Waals surface area contributed by atoms with E-state index in [2.05, 4.69) is 5.32 Å². The molecule has 0 unspecified atom stereocenters. The smallest absolute Gasteiger partial charge is 0.339 e. The van der Waals surface area contributed by atoms with Gasteiger partial charge in [0.05, 0.1) is 17.2 Å². The standard InChI is InChI=1S/C20H22ClNO4/c1-5-25-20(24)16-11-15(9-10-17(16)21)22-19(23)14(4)26-18-8-6-7-12(2)13(18)3/h6-11,14H,5H2,1-4H3,(H,22,23)/t14-/m0/s1. The molecule has 0 heterocycles. The molecule has 0 aliphatic carbocycles. The van der Waals surface area contributed by atoms with Crippen LogP contribution in [-0.4, -0.2) is 24.6 Å².